The minimum absolute atomic E-state index is 0.105. The van der Waals surface area contributed by atoms with Gasteiger partial charge in [-0.1, -0.05) is 12.1 Å². The Hall–Kier alpha value is -1.92. The molecule has 24 heavy (non-hydrogen) atoms. The van der Waals surface area contributed by atoms with E-state index in [1.165, 1.54) is 0 Å². The Labute approximate surface area is 143 Å². The second kappa shape index (κ2) is 7.32. The van der Waals surface area contributed by atoms with Crippen molar-refractivity contribution >= 4 is 16.9 Å². The second-order valence-corrected chi connectivity index (χ2v) is 6.82. The molecule has 1 amide bonds. The number of para-hydroxylation sites is 2. The van der Waals surface area contributed by atoms with E-state index >= 15 is 0 Å². The summed E-state index contributed by atoms with van der Waals surface area (Å²) in [4.78, 5) is 21.2. The Kier molecular flexibility index (Phi) is 5.16. The molecule has 2 heterocycles. The summed E-state index contributed by atoms with van der Waals surface area (Å²) in [5, 5.41) is 3.03. The fourth-order valence-electron chi connectivity index (χ4n) is 3.37. The maximum Gasteiger partial charge on any atom is 0.234 e. The van der Waals surface area contributed by atoms with Crippen molar-refractivity contribution in [1.29, 1.82) is 0 Å². The molecule has 1 aromatic heterocycles. The zero-order valence-electron chi connectivity index (χ0n) is 14.8. The molecule has 0 bridgehead atoms. The molecule has 0 aliphatic carbocycles. The normalized spacial score (nSPS) is 18.6. The predicted octanol–water partition coefficient (Wildman–Crippen LogP) is 0.868. The van der Waals surface area contributed by atoms with Crippen molar-refractivity contribution < 1.29 is 4.79 Å². The van der Waals surface area contributed by atoms with E-state index in [1.807, 2.05) is 25.2 Å². The van der Waals surface area contributed by atoms with Gasteiger partial charge in [-0.25, -0.2) is 4.98 Å². The van der Waals surface area contributed by atoms with Crippen molar-refractivity contribution in [3.8, 4) is 0 Å². The van der Waals surface area contributed by atoms with Crippen molar-refractivity contribution in [2.75, 3.05) is 40.3 Å². The van der Waals surface area contributed by atoms with Crippen LogP contribution in [0.1, 0.15) is 12.2 Å². The molecule has 6 nitrogen and oxygen atoms in total. The number of benzene rings is 1. The van der Waals surface area contributed by atoms with Crippen LogP contribution >= 0.6 is 0 Å². The molecule has 0 spiro atoms. The number of carbonyl (C=O) groups excluding carboxylic acids is 1. The number of aromatic nitrogens is 2. The van der Waals surface area contributed by atoms with Crippen LogP contribution in [0.5, 0.6) is 0 Å². The fraction of sp³-hybridized carbons (Fsp3) is 0.556. The van der Waals surface area contributed by atoms with Crippen LogP contribution in [0.15, 0.2) is 24.3 Å². The number of nitrogens with one attached hydrogen (secondary N) is 1. The smallest absolute Gasteiger partial charge is 0.234 e. The lowest BCUT2D eigenvalue weighted by molar-refractivity contribution is -0.122. The minimum Gasteiger partial charge on any atom is -0.355 e. The van der Waals surface area contributed by atoms with Crippen molar-refractivity contribution in [2.45, 2.75) is 18.9 Å². The number of hydrogen-bond acceptors (Lipinski definition) is 4. The molecule has 3 rings (SSSR count). The molecule has 1 unspecified atom stereocenters. The van der Waals surface area contributed by atoms with Gasteiger partial charge in [-0.15, -0.1) is 0 Å². The fourth-order valence-corrected chi connectivity index (χ4v) is 3.37. The first-order chi connectivity index (χ1) is 11.5. The molecule has 130 valence electrons. The molecule has 0 saturated carbocycles. The van der Waals surface area contributed by atoms with E-state index in [-0.39, 0.29) is 5.91 Å². The third-order valence-electron chi connectivity index (χ3n) is 4.90. The Balaban J connectivity index is 1.46. The Morgan fingerprint density at radius 3 is 2.88 bits per heavy atom. The average molecular weight is 329 g/mol. The van der Waals surface area contributed by atoms with Crippen LogP contribution in [0.25, 0.3) is 11.0 Å². The van der Waals surface area contributed by atoms with Gasteiger partial charge in [0.05, 0.1) is 17.6 Å². The van der Waals surface area contributed by atoms with E-state index in [1.54, 1.807) is 0 Å². The predicted molar refractivity (Wildman–Crippen MR) is 96.0 cm³/mol. The number of likely N-dealkylation sites (N-methyl/N-ethyl adjacent to an activating group) is 1. The largest absolute Gasteiger partial charge is 0.355 e. The van der Waals surface area contributed by atoms with Crippen LogP contribution in [-0.2, 0) is 18.3 Å². The van der Waals surface area contributed by atoms with Crippen molar-refractivity contribution in [3.63, 3.8) is 0 Å². The monoisotopic (exact) mass is 329 g/mol. The van der Waals surface area contributed by atoms with Gasteiger partial charge in [0.25, 0.3) is 0 Å². The van der Waals surface area contributed by atoms with E-state index in [0.29, 0.717) is 19.1 Å². The number of rotatable bonds is 6. The SMILES string of the molecule is CN(C)C1CCN(CC(=O)NCCc2nc3ccccc3n2C)C1. The molecule has 6 heteroatoms. The van der Waals surface area contributed by atoms with Gasteiger partial charge in [0.15, 0.2) is 0 Å². The molecule has 1 saturated heterocycles. The molecular formula is C18H27N5O. The van der Waals surface area contributed by atoms with Crippen LogP contribution in [-0.4, -0.2) is 71.6 Å². The van der Waals surface area contributed by atoms with Gasteiger partial charge in [0.1, 0.15) is 5.82 Å². The third kappa shape index (κ3) is 3.76. The number of nitrogens with zero attached hydrogens (tertiary/aromatic N) is 4. The van der Waals surface area contributed by atoms with Gasteiger partial charge < -0.3 is 14.8 Å². The van der Waals surface area contributed by atoms with E-state index < -0.39 is 0 Å². The van der Waals surface area contributed by atoms with Gasteiger partial charge in [0, 0.05) is 39.1 Å². The quantitative estimate of drug-likeness (QED) is 0.854. The zero-order chi connectivity index (χ0) is 17.1. The maximum absolute atomic E-state index is 12.1. The van der Waals surface area contributed by atoms with Crippen LogP contribution in [0, 0.1) is 0 Å². The first-order valence-corrected chi connectivity index (χ1v) is 8.60. The summed E-state index contributed by atoms with van der Waals surface area (Å²) < 4.78 is 2.10. The number of carbonyl (C=O) groups is 1. The van der Waals surface area contributed by atoms with Crippen LogP contribution in [0.3, 0.4) is 0 Å². The Morgan fingerprint density at radius 1 is 1.38 bits per heavy atom. The van der Waals surface area contributed by atoms with E-state index in [9.17, 15) is 4.79 Å². The van der Waals surface area contributed by atoms with Crippen molar-refractivity contribution in [1.82, 2.24) is 24.7 Å². The molecule has 1 N–H and O–H groups in total. The Morgan fingerprint density at radius 2 is 2.17 bits per heavy atom. The summed E-state index contributed by atoms with van der Waals surface area (Å²) in [5.41, 5.74) is 2.14. The highest BCUT2D eigenvalue weighted by Gasteiger charge is 2.25. The molecule has 1 aliphatic heterocycles. The minimum atomic E-state index is 0.105. The average Bonchev–Trinajstić information content (AvgIpc) is 3.13. The standard InChI is InChI=1S/C18H27N5O/c1-21(2)14-9-11-23(12-14)13-18(24)19-10-8-17-20-15-6-4-5-7-16(15)22(17)3/h4-7,14H,8-13H2,1-3H3,(H,19,24). The summed E-state index contributed by atoms with van der Waals surface area (Å²) in [5.74, 6) is 1.11. The first-order valence-electron chi connectivity index (χ1n) is 8.60. The van der Waals surface area contributed by atoms with Crippen molar-refractivity contribution in [3.05, 3.63) is 30.1 Å². The van der Waals surface area contributed by atoms with E-state index in [2.05, 4.69) is 44.8 Å². The molecule has 1 aromatic carbocycles. The number of imidazole rings is 1. The van der Waals surface area contributed by atoms with Gasteiger partial charge >= 0.3 is 0 Å². The lowest BCUT2D eigenvalue weighted by Gasteiger charge is -2.20. The lowest BCUT2D eigenvalue weighted by atomic mass is 10.2. The van der Waals surface area contributed by atoms with Gasteiger partial charge in [-0.2, -0.15) is 0 Å². The van der Waals surface area contributed by atoms with Gasteiger partial charge in [-0.05, 0) is 32.6 Å². The molecule has 1 aliphatic rings. The molecule has 2 aromatic rings. The molecule has 0 radical (unpaired) electrons. The highest BCUT2D eigenvalue weighted by Crippen LogP contribution is 2.14. The highest BCUT2D eigenvalue weighted by molar-refractivity contribution is 5.78. The van der Waals surface area contributed by atoms with E-state index in [0.717, 1.165) is 42.8 Å². The third-order valence-corrected chi connectivity index (χ3v) is 4.90. The van der Waals surface area contributed by atoms with Crippen LogP contribution in [0.2, 0.25) is 0 Å². The summed E-state index contributed by atoms with van der Waals surface area (Å²) in [6, 6.07) is 8.67. The summed E-state index contributed by atoms with van der Waals surface area (Å²) >= 11 is 0. The number of likely N-dealkylation sites (tertiary alicyclic amines) is 1. The maximum atomic E-state index is 12.1. The van der Waals surface area contributed by atoms with E-state index in [4.69, 9.17) is 0 Å². The molecule has 1 fully saturated rings. The van der Waals surface area contributed by atoms with Gasteiger partial charge in [-0.3, -0.25) is 9.69 Å². The zero-order valence-corrected chi connectivity index (χ0v) is 14.8. The lowest BCUT2D eigenvalue weighted by Crippen LogP contribution is -2.38. The topological polar surface area (TPSA) is 53.4 Å². The molecular weight excluding hydrogens is 302 g/mol. The number of aryl methyl sites for hydroxylation is 1. The van der Waals surface area contributed by atoms with Crippen molar-refractivity contribution in [2.24, 2.45) is 7.05 Å². The summed E-state index contributed by atoms with van der Waals surface area (Å²) in [7, 11) is 6.23. The number of hydrogen-bond donors (Lipinski definition) is 1. The molecule has 1 atom stereocenters. The highest BCUT2D eigenvalue weighted by atomic mass is 16.2. The number of fused-ring (bicyclic) bond motifs is 1. The number of amides is 1. The van der Waals surface area contributed by atoms with Crippen LogP contribution in [0.4, 0.5) is 0 Å². The summed E-state index contributed by atoms with van der Waals surface area (Å²) in [6.45, 7) is 3.10. The van der Waals surface area contributed by atoms with Crippen LogP contribution < -0.4 is 5.32 Å². The summed E-state index contributed by atoms with van der Waals surface area (Å²) in [6.07, 6.45) is 1.89. The Bertz CT molecular complexity index is 708. The van der Waals surface area contributed by atoms with Gasteiger partial charge in [0.2, 0.25) is 5.91 Å². The first kappa shape index (κ1) is 16.9. The second-order valence-electron chi connectivity index (χ2n) is 6.82.